The van der Waals surface area contributed by atoms with Crippen molar-refractivity contribution >= 4 is 29.5 Å². The molecule has 3 rings (SSSR count). The fraction of sp³-hybridized carbons (Fsp3) is 0.323. The highest BCUT2D eigenvalue weighted by Gasteiger charge is 2.38. The van der Waals surface area contributed by atoms with Crippen LogP contribution in [0.5, 0.6) is 0 Å². The van der Waals surface area contributed by atoms with Crippen LogP contribution in [0.4, 0.5) is 0 Å². The maximum atomic E-state index is 13.3. The summed E-state index contributed by atoms with van der Waals surface area (Å²) < 4.78 is 4.06. The lowest BCUT2D eigenvalue weighted by Crippen LogP contribution is -2.52. The first-order valence-corrected chi connectivity index (χ1v) is 13.7. The number of thioether (sulfide) groups is 1. The average Bonchev–Trinajstić information content (AvgIpc) is 2.96. The zero-order chi connectivity index (χ0) is 27.5. The number of carbonyl (C=O) groups is 3. The number of amides is 2. The van der Waals surface area contributed by atoms with Crippen LogP contribution in [-0.2, 0) is 23.9 Å². The molecule has 0 saturated heterocycles. The van der Waals surface area contributed by atoms with Gasteiger partial charge in [0.2, 0.25) is 11.8 Å². The minimum absolute atomic E-state index is 0.159. The zero-order valence-electron chi connectivity index (χ0n) is 22.3. The van der Waals surface area contributed by atoms with Crippen molar-refractivity contribution in [3.63, 3.8) is 0 Å². The van der Waals surface area contributed by atoms with Gasteiger partial charge in [0.05, 0.1) is 11.9 Å². The van der Waals surface area contributed by atoms with E-state index in [4.69, 9.17) is 0 Å². The number of nitrogens with one attached hydrogen (secondary N) is 2. The molecule has 3 aromatic rings. The molecule has 0 bridgehead atoms. The van der Waals surface area contributed by atoms with Crippen LogP contribution < -0.4 is 10.6 Å². The first-order valence-electron chi connectivity index (χ1n) is 12.7. The van der Waals surface area contributed by atoms with Gasteiger partial charge in [0.15, 0.2) is 0 Å². The fourth-order valence-corrected chi connectivity index (χ4v) is 5.83. The Morgan fingerprint density at radius 1 is 0.763 bits per heavy atom. The maximum absolute atomic E-state index is 13.3. The lowest BCUT2D eigenvalue weighted by molar-refractivity contribution is -0.141. The molecular formula is C31H36N2O4S. The number of esters is 1. The highest BCUT2D eigenvalue weighted by atomic mass is 32.2. The first-order chi connectivity index (χ1) is 18.3. The van der Waals surface area contributed by atoms with Gasteiger partial charge in [-0.2, -0.15) is 0 Å². The standard InChI is InChI=1S/C31H36N2O4S/c1-22(2)28(30(36)32-20-27(34)37-4)33-29(35)23(3)21-38-31(24-14-8-5-9-15-24,25-16-10-6-11-17-25)26-18-12-7-13-19-26/h5-19,22-23,28H,20-21H2,1-4H3,(H,32,36)(H,33,35)/t23-,28?/m1/s1. The molecule has 6 nitrogen and oxygen atoms in total. The van der Waals surface area contributed by atoms with Gasteiger partial charge in [-0.1, -0.05) is 112 Å². The molecule has 38 heavy (non-hydrogen) atoms. The highest BCUT2D eigenvalue weighted by Crippen LogP contribution is 2.48. The van der Waals surface area contributed by atoms with E-state index in [0.717, 1.165) is 16.7 Å². The van der Waals surface area contributed by atoms with Crippen molar-refractivity contribution in [2.75, 3.05) is 19.4 Å². The summed E-state index contributed by atoms with van der Waals surface area (Å²) in [6.45, 7) is 5.34. The van der Waals surface area contributed by atoms with E-state index in [1.54, 1.807) is 11.8 Å². The Labute approximate surface area is 229 Å². The van der Waals surface area contributed by atoms with Gasteiger partial charge in [-0.3, -0.25) is 14.4 Å². The van der Waals surface area contributed by atoms with Crippen LogP contribution in [0.15, 0.2) is 91.0 Å². The smallest absolute Gasteiger partial charge is 0.325 e. The summed E-state index contributed by atoms with van der Waals surface area (Å²) >= 11 is 1.70. The largest absolute Gasteiger partial charge is 0.468 e. The number of benzene rings is 3. The fourth-order valence-electron chi connectivity index (χ4n) is 4.27. The van der Waals surface area contributed by atoms with Crippen LogP contribution in [-0.4, -0.2) is 43.2 Å². The lowest BCUT2D eigenvalue weighted by Gasteiger charge is -2.36. The average molecular weight is 533 g/mol. The Bertz CT molecular complexity index is 1090. The van der Waals surface area contributed by atoms with Gasteiger partial charge in [0.25, 0.3) is 0 Å². The predicted octanol–water partition coefficient (Wildman–Crippen LogP) is 4.78. The second-order valence-corrected chi connectivity index (χ2v) is 10.7. The van der Waals surface area contributed by atoms with E-state index in [1.807, 2.05) is 75.4 Å². The number of hydrogen-bond acceptors (Lipinski definition) is 5. The lowest BCUT2D eigenvalue weighted by atomic mass is 9.84. The van der Waals surface area contributed by atoms with E-state index < -0.39 is 22.7 Å². The number of carbonyl (C=O) groups excluding carboxylic acids is 3. The highest BCUT2D eigenvalue weighted by molar-refractivity contribution is 8.00. The number of ether oxygens (including phenoxy) is 1. The summed E-state index contributed by atoms with van der Waals surface area (Å²) in [7, 11) is 1.26. The van der Waals surface area contributed by atoms with Crippen molar-refractivity contribution in [1.82, 2.24) is 10.6 Å². The van der Waals surface area contributed by atoms with Gasteiger partial charge in [-0.15, -0.1) is 11.8 Å². The predicted molar refractivity (Wildman–Crippen MR) is 153 cm³/mol. The van der Waals surface area contributed by atoms with Crippen molar-refractivity contribution in [1.29, 1.82) is 0 Å². The van der Waals surface area contributed by atoms with Crippen molar-refractivity contribution in [2.45, 2.75) is 31.6 Å². The quantitative estimate of drug-likeness (QED) is 0.259. The van der Waals surface area contributed by atoms with Crippen molar-refractivity contribution in [3.05, 3.63) is 108 Å². The van der Waals surface area contributed by atoms with Crippen molar-refractivity contribution in [2.24, 2.45) is 11.8 Å². The topological polar surface area (TPSA) is 84.5 Å². The molecule has 0 spiro atoms. The molecule has 7 heteroatoms. The summed E-state index contributed by atoms with van der Waals surface area (Å²) in [6, 6.07) is 30.2. The third kappa shape index (κ3) is 7.04. The summed E-state index contributed by atoms with van der Waals surface area (Å²) in [6.07, 6.45) is 0. The van der Waals surface area contributed by atoms with E-state index in [-0.39, 0.29) is 24.3 Å². The molecular weight excluding hydrogens is 496 g/mol. The van der Waals surface area contributed by atoms with E-state index in [1.165, 1.54) is 7.11 Å². The van der Waals surface area contributed by atoms with Gasteiger partial charge in [-0.05, 0) is 22.6 Å². The maximum Gasteiger partial charge on any atom is 0.325 e. The Morgan fingerprint density at radius 2 is 1.21 bits per heavy atom. The normalized spacial score (nSPS) is 12.9. The molecule has 200 valence electrons. The van der Waals surface area contributed by atoms with Gasteiger partial charge in [0.1, 0.15) is 12.6 Å². The molecule has 0 aliphatic heterocycles. The van der Waals surface area contributed by atoms with Crippen LogP contribution in [0.3, 0.4) is 0 Å². The summed E-state index contributed by atoms with van der Waals surface area (Å²) in [5.41, 5.74) is 3.37. The second kappa shape index (κ2) is 13.8. The van der Waals surface area contributed by atoms with Crippen LogP contribution in [0.25, 0.3) is 0 Å². The Morgan fingerprint density at radius 3 is 1.61 bits per heavy atom. The Kier molecular flexibility index (Phi) is 10.5. The monoisotopic (exact) mass is 532 g/mol. The summed E-state index contributed by atoms with van der Waals surface area (Å²) in [5.74, 6) is -1.20. The molecule has 0 radical (unpaired) electrons. The van der Waals surface area contributed by atoms with Gasteiger partial charge in [-0.25, -0.2) is 0 Å². The zero-order valence-corrected chi connectivity index (χ0v) is 23.2. The molecule has 0 saturated carbocycles. The van der Waals surface area contributed by atoms with Crippen LogP contribution in [0, 0.1) is 11.8 Å². The SMILES string of the molecule is COC(=O)CNC(=O)C(NC(=O)[C@H](C)CSC(c1ccccc1)(c1ccccc1)c1ccccc1)C(C)C. The van der Waals surface area contributed by atoms with E-state index in [2.05, 4.69) is 51.8 Å². The molecule has 2 N–H and O–H groups in total. The first kappa shape index (κ1) is 29.0. The molecule has 0 aliphatic carbocycles. The van der Waals surface area contributed by atoms with Crippen molar-refractivity contribution in [3.8, 4) is 0 Å². The summed E-state index contributed by atoms with van der Waals surface area (Å²) in [5, 5.41) is 5.44. The molecule has 0 aliphatic rings. The van der Waals surface area contributed by atoms with Crippen molar-refractivity contribution < 1.29 is 19.1 Å². The van der Waals surface area contributed by atoms with E-state index in [9.17, 15) is 14.4 Å². The van der Waals surface area contributed by atoms with Gasteiger partial charge >= 0.3 is 5.97 Å². The van der Waals surface area contributed by atoms with Crippen LogP contribution in [0.1, 0.15) is 37.5 Å². The molecule has 0 fully saturated rings. The number of hydrogen-bond donors (Lipinski definition) is 2. The van der Waals surface area contributed by atoms with Gasteiger partial charge in [0, 0.05) is 11.7 Å². The summed E-state index contributed by atoms with van der Waals surface area (Å²) in [4.78, 5) is 37.4. The minimum atomic E-state index is -0.762. The Hall–Kier alpha value is -3.58. The van der Waals surface area contributed by atoms with Crippen LogP contribution >= 0.6 is 11.8 Å². The second-order valence-electron chi connectivity index (χ2n) is 9.52. The van der Waals surface area contributed by atoms with E-state index >= 15 is 0 Å². The van der Waals surface area contributed by atoms with Crippen LogP contribution in [0.2, 0.25) is 0 Å². The Balaban J connectivity index is 1.86. The minimum Gasteiger partial charge on any atom is -0.468 e. The molecule has 1 unspecified atom stereocenters. The molecule has 0 heterocycles. The van der Waals surface area contributed by atoms with Gasteiger partial charge < -0.3 is 15.4 Å². The molecule has 0 aromatic heterocycles. The molecule has 2 amide bonds. The molecule has 3 aromatic carbocycles. The molecule has 2 atom stereocenters. The third-order valence-electron chi connectivity index (χ3n) is 6.42. The van der Waals surface area contributed by atoms with E-state index in [0.29, 0.717) is 5.75 Å². The number of rotatable bonds is 12. The number of methoxy groups -OCH3 is 1. The third-order valence-corrected chi connectivity index (χ3v) is 8.23.